The SMILES string of the molecule is CCc1ccc(C)cc1.Cc1cccnc1. The van der Waals surface area contributed by atoms with Crippen molar-refractivity contribution >= 4 is 0 Å². The summed E-state index contributed by atoms with van der Waals surface area (Å²) in [5.41, 5.74) is 3.97. The fraction of sp³-hybridized carbons (Fsp3) is 0.267. The molecule has 16 heavy (non-hydrogen) atoms. The van der Waals surface area contributed by atoms with Crippen LogP contribution in [-0.2, 0) is 6.42 Å². The number of hydrogen-bond acceptors (Lipinski definition) is 1. The van der Waals surface area contributed by atoms with Gasteiger partial charge in [-0.1, -0.05) is 42.8 Å². The maximum absolute atomic E-state index is 3.88. The maximum Gasteiger partial charge on any atom is 0.0297 e. The average Bonchev–Trinajstić information content (AvgIpc) is 2.32. The predicted octanol–water partition coefficient (Wildman–Crippen LogP) is 3.95. The zero-order valence-electron chi connectivity index (χ0n) is 10.3. The molecule has 0 bridgehead atoms. The van der Waals surface area contributed by atoms with Gasteiger partial charge in [0.25, 0.3) is 0 Å². The number of aromatic nitrogens is 1. The highest BCUT2D eigenvalue weighted by molar-refractivity contribution is 5.20. The van der Waals surface area contributed by atoms with Crippen LogP contribution in [0, 0.1) is 13.8 Å². The van der Waals surface area contributed by atoms with Crippen LogP contribution in [0.25, 0.3) is 0 Å². The summed E-state index contributed by atoms with van der Waals surface area (Å²) in [6, 6.07) is 12.6. The summed E-state index contributed by atoms with van der Waals surface area (Å²) in [7, 11) is 0. The van der Waals surface area contributed by atoms with Gasteiger partial charge in [-0.25, -0.2) is 0 Å². The molecule has 1 aromatic heterocycles. The Morgan fingerprint density at radius 3 is 2.00 bits per heavy atom. The van der Waals surface area contributed by atoms with Gasteiger partial charge in [-0.15, -0.1) is 0 Å². The van der Waals surface area contributed by atoms with Crippen LogP contribution in [0.2, 0.25) is 0 Å². The van der Waals surface area contributed by atoms with E-state index in [1.165, 1.54) is 16.7 Å². The lowest BCUT2D eigenvalue weighted by molar-refractivity contribution is 1.14. The van der Waals surface area contributed by atoms with E-state index in [1.807, 2.05) is 25.3 Å². The van der Waals surface area contributed by atoms with Crippen LogP contribution < -0.4 is 0 Å². The topological polar surface area (TPSA) is 12.9 Å². The quantitative estimate of drug-likeness (QED) is 0.699. The third-order valence-corrected chi connectivity index (χ3v) is 2.34. The summed E-state index contributed by atoms with van der Waals surface area (Å²) in [5, 5.41) is 0. The number of pyridine rings is 1. The van der Waals surface area contributed by atoms with Crippen molar-refractivity contribution in [3.8, 4) is 0 Å². The number of benzene rings is 1. The third-order valence-electron chi connectivity index (χ3n) is 2.34. The second-order valence-corrected chi connectivity index (χ2v) is 3.87. The van der Waals surface area contributed by atoms with Crippen LogP contribution in [0.1, 0.15) is 23.6 Å². The van der Waals surface area contributed by atoms with Gasteiger partial charge in [0, 0.05) is 12.4 Å². The highest BCUT2D eigenvalue weighted by Crippen LogP contribution is 2.02. The highest BCUT2D eigenvalue weighted by atomic mass is 14.6. The molecule has 2 aromatic rings. The van der Waals surface area contributed by atoms with Crippen molar-refractivity contribution in [1.82, 2.24) is 4.98 Å². The standard InChI is InChI=1S/C9H12.C6H7N/c1-3-9-6-4-8(2)5-7-9;1-6-3-2-4-7-5-6/h4-7H,3H2,1-2H3;2-5H,1H3. The van der Waals surface area contributed by atoms with Crippen LogP contribution in [0.3, 0.4) is 0 Å². The summed E-state index contributed by atoms with van der Waals surface area (Å²) < 4.78 is 0. The van der Waals surface area contributed by atoms with Gasteiger partial charge in [-0.3, -0.25) is 4.98 Å². The fourth-order valence-corrected chi connectivity index (χ4v) is 1.27. The number of aryl methyl sites for hydroxylation is 3. The Labute approximate surface area is 98.2 Å². The number of hydrogen-bond donors (Lipinski definition) is 0. The molecule has 0 aliphatic heterocycles. The minimum Gasteiger partial charge on any atom is -0.264 e. The van der Waals surface area contributed by atoms with Gasteiger partial charge in [-0.2, -0.15) is 0 Å². The molecule has 0 aliphatic carbocycles. The molecule has 0 atom stereocenters. The molecule has 0 saturated carbocycles. The van der Waals surface area contributed by atoms with Crippen molar-refractivity contribution in [1.29, 1.82) is 0 Å². The predicted molar refractivity (Wildman–Crippen MR) is 69.5 cm³/mol. The molecule has 0 radical (unpaired) electrons. The summed E-state index contributed by atoms with van der Waals surface area (Å²) >= 11 is 0. The summed E-state index contributed by atoms with van der Waals surface area (Å²) in [4.78, 5) is 3.88. The van der Waals surface area contributed by atoms with Crippen LogP contribution in [0.4, 0.5) is 0 Å². The highest BCUT2D eigenvalue weighted by Gasteiger charge is 1.84. The first-order chi connectivity index (χ1) is 7.72. The molecule has 2 rings (SSSR count). The normalized spacial score (nSPS) is 9.19. The Morgan fingerprint density at radius 2 is 1.62 bits per heavy atom. The van der Waals surface area contributed by atoms with E-state index < -0.39 is 0 Å². The molecule has 1 nitrogen and oxygen atoms in total. The van der Waals surface area contributed by atoms with Crippen molar-refractivity contribution in [2.24, 2.45) is 0 Å². The zero-order valence-corrected chi connectivity index (χ0v) is 10.3. The van der Waals surface area contributed by atoms with E-state index in [0.29, 0.717) is 0 Å². The molecule has 0 saturated heterocycles. The number of nitrogens with zero attached hydrogens (tertiary/aromatic N) is 1. The van der Waals surface area contributed by atoms with Gasteiger partial charge >= 0.3 is 0 Å². The van der Waals surface area contributed by atoms with E-state index in [2.05, 4.69) is 43.1 Å². The first kappa shape index (κ1) is 12.4. The molecule has 1 heteroatoms. The maximum atomic E-state index is 3.88. The Morgan fingerprint density at radius 1 is 0.938 bits per heavy atom. The van der Waals surface area contributed by atoms with E-state index >= 15 is 0 Å². The molecular formula is C15H19N. The van der Waals surface area contributed by atoms with E-state index in [9.17, 15) is 0 Å². The molecule has 1 heterocycles. The van der Waals surface area contributed by atoms with Crippen molar-refractivity contribution < 1.29 is 0 Å². The van der Waals surface area contributed by atoms with Crippen LogP contribution >= 0.6 is 0 Å². The third kappa shape index (κ3) is 4.74. The smallest absolute Gasteiger partial charge is 0.0297 e. The van der Waals surface area contributed by atoms with Gasteiger partial charge in [0.1, 0.15) is 0 Å². The minimum atomic E-state index is 1.14. The first-order valence-corrected chi connectivity index (χ1v) is 5.64. The second kappa shape index (κ2) is 6.78. The van der Waals surface area contributed by atoms with Gasteiger partial charge < -0.3 is 0 Å². The van der Waals surface area contributed by atoms with Crippen molar-refractivity contribution in [3.63, 3.8) is 0 Å². The van der Waals surface area contributed by atoms with E-state index in [0.717, 1.165) is 6.42 Å². The lowest BCUT2D eigenvalue weighted by atomic mass is 10.1. The lowest BCUT2D eigenvalue weighted by Crippen LogP contribution is -1.77. The average molecular weight is 213 g/mol. The van der Waals surface area contributed by atoms with E-state index in [1.54, 1.807) is 6.20 Å². The van der Waals surface area contributed by atoms with Crippen molar-refractivity contribution in [3.05, 3.63) is 65.5 Å². The molecule has 0 unspecified atom stereocenters. The molecule has 0 spiro atoms. The summed E-state index contributed by atoms with van der Waals surface area (Å²) in [6.07, 6.45) is 4.74. The Kier molecular flexibility index (Phi) is 5.27. The molecule has 0 aliphatic rings. The van der Waals surface area contributed by atoms with E-state index in [4.69, 9.17) is 0 Å². The van der Waals surface area contributed by atoms with Crippen LogP contribution in [0.5, 0.6) is 0 Å². The molecular weight excluding hydrogens is 194 g/mol. The van der Waals surface area contributed by atoms with Gasteiger partial charge in [0.15, 0.2) is 0 Å². The van der Waals surface area contributed by atoms with E-state index in [-0.39, 0.29) is 0 Å². The lowest BCUT2D eigenvalue weighted by Gasteiger charge is -1.94. The molecule has 0 N–H and O–H groups in total. The van der Waals surface area contributed by atoms with Crippen LogP contribution in [0.15, 0.2) is 48.8 Å². The summed E-state index contributed by atoms with van der Waals surface area (Å²) in [5.74, 6) is 0. The Balaban J connectivity index is 0.000000165. The van der Waals surface area contributed by atoms with Crippen molar-refractivity contribution in [2.45, 2.75) is 27.2 Å². The zero-order chi connectivity index (χ0) is 11.8. The minimum absolute atomic E-state index is 1.14. The molecule has 0 fully saturated rings. The summed E-state index contributed by atoms with van der Waals surface area (Å²) in [6.45, 7) is 6.30. The first-order valence-electron chi connectivity index (χ1n) is 5.64. The second-order valence-electron chi connectivity index (χ2n) is 3.87. The van der Waals surface area contributed by atoms with Crippen molar-refractivity contribution in [2.75, 3.05) is 0 Å². The molecule has 84 valence electrons. The fourth-order valence-electron chi connectivity index (χ4n) is 1.27. The Bertz CT molecular complexity index is 390. The largest absolute Gasteiger partial charge is 0.264 e. The van der Waals surface area contributed by atoms with Gasteiger partial charge in [-0.05, 0) is 37.5 Å². The van der Waals surface area contributed by atoms with Gasteiger partial charge in [0.05, 0.1) is 0 Å². The molecule has 1 aromatic carbocycles. The Hall–Kier alpha value is -1.63. The van der Waals surface area contributed by atoms with Gasteiger partial charge in [0.2, 0.25) is 0 Å². The monoisotopic (exact) mass is 213 g/mol. The van der Waals surface area contributed by atoms with Crippen LogP contribution in [-0.4, -0.2) is 4.98 Å². The molecule has 0 amide bonds. The number of rotatable bonds is 1.